The van der Waals surface area contributed by atoms with Crippen molar-refractivity contribution < 1.29 is 18.0 Å². The first-order valence-corrected chi connectivity index (χ1v) is 15.2. The van der Waals surface area contributed by atoms with E-state index in [0.29, 0.717) is 34.8 Å². The maximum absolute atomic E-state index is 15.9. The maximum Gasteiger partial charge on any atom is 0.274 e. The van der Waals surface area contributed by atoms with Crippen LogP contribution in [0.2, 0.25) is 0 Å². The third-order valence-electron chi connectivity index (χ3n) is 9.33. The second-order valence-corrected chi connectivity index (χ2v) is 13.2. The summed E-state index contributed by atoms with van der Waals surface area (Å²) < 4.78 is 45.9. The van der Waals surface area contributed by atoms with E-state index in [0.717, 1.165) is 50.3 Å². The fourth-order valence-electron chi connectivity index (χ4n) is 6.73. The number of halogens is 3. The van der Waals surface area contributed by atoms with Gasteiger partial charge in [0.15, 0.2) is 12.0 Å². The van der Waals surface area contributed by atoms with Crippen molar-refractivity contribution in [1.82, 2.24) is 29.5 Å². The lowest BCUT2D eigenvalue weighted by Crippen LogP contribution is -2.53. The second-order valence-electron chi connectivity index (χ2n) is 13.2. The smallest absolute Gasteiger partial charge is 0.274 e. The van der Waals surface area contributed by atoms with Crippen molar-refractivity contribution in [3.63, 3.8) is 0 Å². The van der Waals surface area contributed by atoms with Crippen molar-refractivity contribution in [3.05, 3.63) is 71.1 Å². The van der Waals surface area contributed by atoms with Gasteiger partial charge in [0.05, 0.1) is 0 Å². The van der Waals surface area contributed by atoms with Crippen LogP contribution in [0, 0.1) is 5.92 Å². The van der Waals surface area contributed by atoms with Crippen molar-refractivity contribution in [2.45, 2.75) is 75.5 Å². The molecule has 0 radical (unpaired) electrons. The van der Waals surface area contributed by atoms with Gasteiger partial charge in [0, 0.05) is 74.8 Å². The number of piperazine rings is 1. The summed E-state index contributed by atoms with van der Waals surface area (Å²) in [6, 6.07) is 11.0. The molecule has 0 unspecified atom stereocenters. The Labute approximate surface area is 250 Å². The molecule has 6 rings (SSSR count). The zero-order valence-electron chi connectivity index (χ0n) is 25.2. The molecule has 0 bridgehead atoms. The monoisotopic (exact) mass is 595 g/mol. The van der Waals surface area contributed by atoms with Crippen molar-refractivity contribution in [3.8, 4) is 0 Å². The van der Waals surface area contributed by atoms with Crippen LogP contribution in [0.5, 0.6) is 0 Å². The van der Waals surface area contributed by atoms with Gasteiger partial charge < -0.3 is 14.8 Å². The number of hydrogen-bond donors (Lipinski definition) is 1. The molecule has 2 saturated carbocycles. The number of amides is 1. The van der Waals surface area contributed by atoms with E-state index in [4.69, 9.17) is 4.98 Å². The molecular weight excluding hydrogens is 555 g/mol. The lowest BCUT2D eigenvalue weighted by molar-refractivity contribution is -0.151. The molecule has 0 spiro atoms. The van der Waals surface area contributed by atoms with Crippen LogP contribution >= 0.6 is 0 Å². The number of nitrogens with zero attached hydrogens (tertiary/aromatic N) is 6. The van der Waals surface area contributed by atoms with Crippen LogP contribution in [0.4, 0.5) is 18.9 Å². The van der Waals surface area contributed by atoms with Crippen LogP contribution in [0.1, 0.15) is 84.8 Å². The quantitative estimate of drug-likeness (QED) is 0.353. The predicted octanol–water partition coefficient (Wildman–Crippen LogP) is 5.49. The molecule has 1 aromatic carbocycles. The molecule has 2 aromatic heterocycles. The van der Waals surface area contributed by atoms with E-state index in [2.05, 4.69) is 52.3 Å². The number of nitrogens with one attached hydrogen (secondary N) is 1. The number of anilines is 1. The summed E-state index contributed by atoms with van der Waals surface area (Å²) in [5.41, 5.74) is 1.64. The normalized spacial score (nSPS) is 22.7. The SMILES string of the molecule is CC(C)[C@H]1CN(C)CCN1Cc1cc(C(=O)Nc2cccc(C3([C@H](F)c4nncn4C)CC(F)(F)C3)c2)nc(C2CC2)c1. The Bertz CT molecular complexity index is 1480. The highest BCUT2D eigenvalue weighted by molar-refractivity contribution is 6.03. The highest BCUT2D eigenvalue weighted by Crippen LogP contribution is 2.60. The molecule has 3 fully saturated rings. The molecule has 8 nitrogen and oxygen atoms in total. The lowest BCUT2D eigenvalue weighted by Gasteiger charge is -2.49. The molecule has 1 aliphatic heterocycles. The van der Waals surface area contributed by atoms with Gasteiger partial charge >= 0.3 is 0 Å². The number of benzene rings is 1. The minimum absolute atomic E-state index is 0.00128. The van der Waals surface area contributed by atoms with Gasteiger partial charge in [-0.05, 0) is 61.2 Å². The van der Waals surface area contributed by atoms with Crippen LogP contribution in [0.25, 0.3) is 0 Å². The third kappa shape index (κ3) is 6.06. The van der Waals surface area contributed by atoms with Gasteiger partial charge in [-0.1, -0.05) is 26.0 Å². The zero-order valence-corrected chi connectivity index (χ0v) is 25.2. The molecule has 2 aliphatic carbocycles. The number of likely N-dealkylation sites (N-methyl/N-ethyl adjacent to an activating group) is 1. The Hall–Kier alpha value is -3.31. The number of carbonyl (C=O) groups excluding carboxylic acids is 1. The molecular formula is C32H40F3N7O. The summed E-state index contributed by atoms with van der Waals surface area (Å²) in [4.78, 5) is 23.2. The summed E-state index contributed by atoms with van der Waals surface area (Å²) in [6.07, 6.45) is 0.394. The minimum Gasteiger partial charge on any atom is -0.321 e. The number of rotatable bonds is 9. The Morgan fingerprint density at radius 3 is 2.53 bits per heavy atom. The average molecular weight is 596 g/mol. The van der Waals surface area contributed by atoms with Gasteiger partial charge in [-0.2, -0.15) is 0 Å². The van der Waals surface area contributed by atoms with E-state index in [1.54, 1.807) is 31.3 Å². The highest BCUT2D eigenvalue weighted by atomic mass is 19.3. The fraction of sp³-hybridized carbons (Fsp3) is 0.562. The molecule has 1 amide bonds. The first-order chi connectivity index (χ1) is 20.4. The van der Waals surface area contributed by atoms with Crippen LogP contribution in [-0.2, 0) is 19.0 Å². The fourth-order valence-corrected chi connectivity index (χ4v) is 6.73. The Kier molecular flexibility index (Phi) is 7.83. The summed E-state index contributed by atoms with van der Waals surface area (Å²) in [6.45, 7) is 8.20. The van der Waals surface area contributed by atoms with E-state index >= 15 is 4.39 Å². The van der Waals surface area contributed by atoms with Gasteiger partial charge in [0.25, 0.3) is 5.91 Å². The van der Waals surface area contributed by atoms with Crippen LogP contribution in [0.15, 0.2) is 42.7 Å². The van der Waals surface area contributed by atoms with E-state index in [-0.39, 0.29) is 11.7 Å². The highest BCUT2D eigenvalue weighted by Gasteiger charge is 2.62. The molecule has 43 heavy (non-hydrogen) atoms. The number of pyridine rings is 1. The molecule has 1 saturated heterocycles. The van der Waals surface area contributed by atoms with E-state index in [9.17, 15) is 13.6 Å². The number of carbonyl (C=O) groups is 1. The second kappa shape index (κ2) is 11.3. The molecule has 3 aromatic rings. The standard InChI is InChI=1S/C32H40F3N7O/c1-20(2)27-16-40(3)10-11-42(27)15-21-12-25(22-8-9-22)38-26(13-21)30(43)37-24-7-5-6-23(14-24)31(17-32(34,35)18-31)28(33)29-39-36-19-41(29)4/h5-7,12-14,19-20,22,27-28H,8-11,15-18H2,1-4H3,(H,37,43)/t27-,28-/m1/s1. The molecule has 2 atom stereocenters. The molecule has 1 N–H and O–H groups in total. The van der Waals surface area contributed by atoms with Crippen LogP contribution in [0.3, 0.4) is 0 Å². The summed E-state index contributed by atoms with van der Waals surface area (Å²) in [7, 11) is 3.75. The predicted molar refractivity (Wildman–Crippen MR) is 158 cm³/mol. The topological polar surface area (TPSA) is 79.2 Å². The van der Waals surface area contributed by atoms with Gasteiger partial charge in [0.2, 0.25) is 5.92 Å². The zero-order chi connectivity index (χ0) is 30.5. The van der Waals surface area contributed by atoms with Crippen molar-refractivity contribution in [2.24, 2.45) is 13.0 Å². The largest absolute Gasteiger partial charge is 0.321 e. The van der Waals surface area contributed by atoms with Gasteiger partial charge in [0.1, 0.15) is 12.0 Å². The van der Waals surface area contributed by atoms with E-state index in [1.807, 2.05) is 6.07 Å². The number of alkyl halides is 3. The van der Waals surface area contributed by atoms with Crippen LogP contribution < -0.4 is 5.32 Å². The third-order valence-corrected chi connectivity index (χ3v) is 9.33. The minimum atomic E-state index is -2.98. The molecule has 3 aliphatic rings. The number of hydrogen-bond acceptors (Lipinski definition) is 6. The Balaban J connectivity index is 1.25. The van der Waals surface area contributed by atoms with E-state index < -0.39 is 30.4 Å². The van der Waals surface area contributed by atoms with Crippen molar-refractivity contribution >= 4 is 11.6 Å². The first-order valence-electron chi connectivity index (χ1n) is 15.2. The number of aryl methyl sites for hydroxylation is 1. The van der Waals surface area contributed by atoms with Crippen LogP contribution in [-0.4, -0.2) is 74.1 Å². The maximum atomic E-state index is 15.9. The summed E-state index contributed by atoms with van der Waals surface area (Å²) in [5, 5.41) is 10.5. The Morgan fingerprint density at radius 1 is 1.12 bits per heavy atom. The lowest BCUT2D eigenvalue weighted by atomic mass is 9.59. The van der Waals surface area contributed by atoms with Gasteiger partial charge in [-0.15, -0.1) is 10.2 Å². The summed E-state index contributed by atoms with van der Waals surface area (Å²) >= 11 is 0. The van der Waals surface area contributed by atoms with Crippen molar-refractivity contribution in [1.29, 1.82) is 0 Å². The molecule has 11 heteroatoms. The molecule has 3 heterocycles. The first kappa shape index (κ1) is 29.7. The van der Waals surface area contributed by atoms with Crippen molar-refractivity contribution in [2.75, 3.05) is 32.0 Å². The Morgan fingerprint density at radius 2 is 1.88 bits per heavy atom. The van der Waals surface area contributed by atoms with Gasteiger partial charge in [-0.3, -0.25) is 9.69 Å². The number of aromatic nitrogens is 4. The summed E-state index contributed by atoms with van der Waals surface area (Å²) in [5.74, 6) is -2.50. The van der Waals surface area contributed by atoms with Gasteiger partial charge in [-0.25, -0.2) is 18.2 Å². The van der Waals surface area contributed by atoms with E-state index in [1.165, 1.54) is 10.9 Å². The average Bonchev–Trinajstić information content (AvgIpc) is 3.72. The molecule has 230 valence electrons.